The molecular weight excluding hydrogens is 484 g/mol. The Morgan fingerprint density at radius 3 is 2.63 bits per heavy atom. The fraction of sp³-hybridized carbons (Fsp3) is 0.448. The number of anilines is 1. The van der Waals surface area contributed by atoms with Crippen LogP contribution in [-0.4, -0.2) is 65.8 Å². The summed E-state index contributed by atoms with van der Waals surface area (Å²) in [5.41, 5.74) is 5.17. The summed E-state index contributed by atoms with van der Waals surface area (Å²) in [7, 11) is 0. The van der Waals surface area contributed by atoms with E-state index in [1.54, 1.807) is 18.2 Å². The SMILES string of the molecule is CCc1cc(CN2CCC3(COC3)C2)ccc1CNc1cccc2c1C(=O)N(C1CCC(=O)NC1=O)C2=O. The van der Waals surface area contributed by atoms with Crippen molar-refractivity contribution in [1.29, 1.82) is 0 Å². The number of likely N-dealkylation sites (tertiary alicyclic amines) is 1. The van der Waals surface area contributed by atoms with Crippen LogP contribution in [-0.2, 0) is 33.8 Å². The molecule has 4 heterocycles. The summed E-state index contributed by atoms with van der Waals surface area (Å²) in [5.74, 6) is -2.00. The summed E-state index contributed by atoms with van der Waals surface area (Å²) < 4.78 is 5.45. The Hall–Kier alpha value is -3.56. The predicted molar refractivity (Wildman–Crippen MR) is 139 cm³/mol. The first kappa shape index (κ1) is 24.8. The highest BCUT2D eigenvalue weighted by molar-refractivity contribution is 6.25. The molecule has 0 aromatic heterocycles. The second-order valence-corrected chi connectivity index (χ2v) is 10.9. The van der Waals surface area contributed by atoms with Crippen LogP contribution in [0.25, 0.3) is 0 Å². The van der Waals surface area contributed by atoms with Crippen LogP contribution in [0.3, 0.4) is 0 Å². The molecule has 6 rings (SSSR count). The number of carbonyl (C=O) groups is 4. The molecule has 3 fully saturated rings. The second-order valence-electron chi connectivity index (χ2n) is 10.9. The molecule has 0 bridgehead atoms. The van der Waals surface area contributed by atoms with Gasteiger partial charge in [-0.25, -0.2) is 0 Å². The van der Waals surface area contributed by atoms with Crippen molar-refractivity contribution in [2.24, 2.45) is 5.41 Å². The number of fused-ring (bicyclic) bond motifs is 1. The number of benzene rings is 2. The lowest BCUT2D eigenvalue weighted by atomic mass is 9.85. The molecule has 2 aromatic carbocycles. The van der Waals surface area contributed by atoms with E-state index in [0.717, 1.165) is 49.7 Å². The lowest BCUT2D eigenvalue weighted by molar-refractivity contribution is -0.136. The van der Waals surface area contributed by atoms with Gasteiger partial charge in [-0.05, 0) is 54.6 Å². The van der Waals surface area contributed by atoms with E-state index >= 15 is 0 Å². The maximum Gasteiger partial charge on any atom is 0.264 e. The second kappa shape index (κ2) is 9.63. The number of nitrogens with one attached hydrogen (secondary N) is 2. The van der Waals surface area contributed by atoms with E-state index in [4.69, 9.17) is 4.74 Å². The molecule has 0 saturated carbocycles. The van der Waals surface area contributed by atoms with Crippen LogP contribution in [0.1, 0.15) is 63.6 Å². The highest BCUT2D eigenvalue weighted by Gasteiger charge is 2.46. The van der Waals surface area contributed by atoms with Gasteiger partial charge in [0.2, 0.25) is 11.8 Å². The largest absolute Gasteiger partial charge is 0.380 e. The molecular formula is C29H32N4O5. The molecule has 38 heavy (non-hydrogen) atoms. The van der Waals surface area contributed by atoms with Crippen LogP contribution in [0.2, 0.25) is 0 Å². The molecule has 4 aliphatic rings. The Balaban J connectivity index is 1.16. The molecule has 1 atom stereocenters. The molecule has 0 aliphatic carbocycles. The Morgan fingerprint density at radius 1 is 1.08 bits per heavy atom. The van der Waals surface area contributed by atoms with E-state index in [0.29, 0.717) is 17.6 Å². The van der Waals surface area contributed by atoms with Crippen molar-refractivity contribution in [1.82, 2.24) is 15.1 Å². The third kappa shape index (κ3) is 4.29. The molecule has 198 valence electrons. The van der Waals surface area contributed by atoms with Gasteiger partial charge in [-0.15, -0.1) is 0 Å². The van der Waals surface area contributed by atoms with E-state index < -0.39 is 23.8 Å². The van der Waals surface area contributed by atoms with Crippen molar-refractivity contribution in [2.45, 2.75) is 51.7 Å². The fourth-order valence-electron chi connectivity index (χ4n) is 6.18. The van der Waals surface area contributed by atoms with Gasteiger partial charge in [0.05, 0.1) is 24.3 Å². The van der Waals surface area contributed by atoms with Crippen LogP contribution in [0.4, 0.5) is 5.69 Å². The topological polar surface area (TPSA) is 108 Å². The van der Waals surface area contributed by atoms with Crippen molar-refractivity contribution in [3.8, 4) is 0 Å². The van der Waals surface area contributed by atoms with Gasteiger partial charge in [0.1, 0.15) is 6.04 Å². The third-order valence-electron chi connectivity index (χ3n) is 8.33. The summed E-state index contributed by atoms with van der Waals surface area (Å²) in [5, 5.41) is 5.61. The number of ether oxygens (including phenoxy) is 1. The molecule has 9 heteroatoms. The first-order valence-electron chi connectivity index (χ1n) is 13.4. The fourth-order valence-corrected chi connectivity index (χ4v) is 6.18. The maximum absolute atomic E-state index is 13.4. The van der Waals surface area contributed by atoms with Crippen molar-refractivity contribution >= 4 is 29.3 Å². The average molecular weight is 517 g/mol. The Morgan fingerprint density at radius 2 is 1.92 bits per heavy atom. The van der Waals surface area contributed by atoms with E-state index in [1.165, 1.54) is 17.5 Å². The molecule has 9 nitrogen and oxygen atoms in total. The third-order valence-corrected chi connectivity index (χ3v) is 8.33. The first-order valence-corrected chi connectivity index (χ1v) is 13.4. The summed E-state index contributed by atoms with van der Waals surface area (Å²) in [6, 6.07) is 10.7. The molecule has 4 amide bonds. The lowest BCUT2D eigenvalue weighted by Gasteiger charge is -2.37. The summed E-state index contributed by atoms with van der Waals surface area (Å²) in [6.45, 7) is 7.55. The molecule has 1 unspecified atom stereocenters. The van der Waals surface area contributed by atoms with Crippen LogP contribution in [0, 0.1) is 5.41 Å². The summed E-state index contributed by atoms with van der Waals surface area (Å²) >= 11 is 0. The predicted octanol–water partition coefficient (Wildman–Crippen LogP) is 2.48. The van der Waals surface area contributed by atoms with Gasteiger partial charge in [0.25, 0.3) is 11.8 Å². The number of hydrogen-bond donors (Lipinski definition) is 2. The number of imide groups is 2. The normalized spacial score (nSPS) is 22.6. The smallest absolute Gasteiger partial charge is 0.264 e. The quantitative estimate of drug-likeness (QED) is 0.545. The van der Waals surface area contributed by atoms with Gasteiger partial charge in [0.15, 0.2) is 0 Å². The first-order chi connectivity index (χ1) is 18.4. The number of nitrogens with zero attached hydrogens (tertiary/aromatic N) is 2. The Bertz CT molecular complexity index is 1330. The highest BCUT2D eigenvalue weighted by Crippen LogP contribution is 2.38. The zero-order valence-electron chi connectivity index (χ0n) is 21.5. The maximum atomic E-state index is 13.4. The Labute approximate surface area is 221 Å². The number of rotatable bonds is 7. The van der Waals surface area contributed by atoms with Crippen molar-refractivity contribution in [3.05, 3.63) is 64.2 Å². The minimum absolute atomic E-state index is 0.0950. The minimum atomic E-state index is -0.977. The molecule has 2 N–H and O–H groups in total. The lowest BCUT2D eigenvalue weighted by Crippen LogP contribution is -2.54. The van der Waals surface area contributed by atoms with Gasteiger partial charge in [-0.2, -0.15) is 0 Å². The van der Waals surface area contributed by atoms with Crippen LogP contribution < -0.4 is 10.6 Å². The van der Waals surface area contributed by atoms with Crippen molar-refractivity contribution in [2.75, 3.05) is 31.6 Å². The Kier molecular flexibility index (Phi) is 6.28. The average Bonchev–Trinajstić information content (AvgIpc) is 3.43. The number of hydrogen-bond acceptors (Lipinski definition) is 7. The number of aryl methyl sites for hydroxylation is 1. The summed E-state index contributed by atoms with van der Waals surface area (Å²) in [6.07, 6.45) is 2.32. The van der Waals surface area contributed by atoms with E-state index in [9.17, 15) is 19.2 Å². The van der Waals surface area contributed by atoms with Gasteiger partial charge in [-0.3, -0.25) is 34.3 Å². The number of amides is 4. The van der Waals surface area contributed by atoms with Crippen LogP contribution >= 0.6 is 0 Å². The van der Waals surface area contributed by atoms with Gasteiger partial charge < -0.3 is 10.1 Å². The molecule has 4 aliphatic heterocycles. The summed E-state index contributed by atoms with van der Waals surface area (Å²) in [4.78, 5) is 53.9. The number of carbonyl (C=O) groups excluding carboxylic acids is 4. The van der Waals surface area contributed by atoms with Crippen molar-refractivity contribution in [3.63, 3.8) is 0 Å². The molecule has 1 spiro atoms. The van der Waals surface area contributed by atoms with Crippen LogP contribution in [0.5, 0.6) is 0 Å². The zero-order valence-corrected chi connectivity index (χ0v) is 21.5. The van der Waals surface area contributed by atoms with E-state index in [1.807, 2.05) is 0 Å². The van der Waals surface area contributed by atoms with Gasteiger partial charge >= 0.3 is 0 Å². The monoisotopic (exact) mass is 516 g/mol. The molecule has 2 aromatic rings. The van der Waals surface area contributed by atoms with Crippen LogP contribution in [0.15, 0.2) is 36.4 Å². The zero-order chi connectivity index (χ0) is 26.4. The molecule has 0 radical (unpaired) electrons. The number of piperidine rings is 1. The van der Waals surface area contributed by atoms with E-state index in [2.05, 4.69) is 40.7 Å². The standard InChI is InChI=1S/C29H32N4O5/c1-2-19-12-18(14-32-11-10-29(15-32)16-38-17-29)6-7-20(19)13-30-22-5-3-4-21-25(22)28(37)33(27(21)36)23-8-9-24(34)31-26(23)35/h3-7,12,23,30H,2,8-11,13-17H2,1H3,(H,31,34,35). The highest BCUT2D eigenvalue weighted by atomic mass is 16.5. The molecule has 3 saturated heterocycles. The van der Waals surface area contributed by atoms with Crippen molar-refractivity contribution < 1.29 is 23.9 Å². The van der Waals surface area contributed by atoms with Gasteiger partial charge in [-0.1, -0.05) is 31.2 Å². The van der Waals surface area contributed by atoms with E-state index in [-0.39, 0.29) is 29.9 Å². The van der Waals surface area contributed by atoms with Gasteiger partial charge in [0, 0.05) is 37.2 Å². The minimum Gasteiger partial charge on any atom is -0.380 e.